The van der Waals surface area contributed by atoms with Crippen molar-refractivity contribution in [3.63, 3.8) is 0 Å². The maximum absolute atomic E-state index is 12.9. The molecule has 6 heteroatoms. The summed E-state index contributed by atoms with van der Waals surface area (Å²) in [6.45, 7) is 2.72. The van der Waals surface area contributed by atoms with Crippen molar-refractivity contribution < 1.29 is 19.0 Å². The molecular weight excluding hydrogens is 320 g/mol. The number of hydrogen-bond acceptors (Lipinski definition) is 4. The Balaban J connectivity index is 1.84. The van der Waals surface area contributed by atoms with Gasteiger partial charge < -0.3 is 24.4 Å². The molecule has 1 N–H and O–H groups in total. The Labute approximate surface area is 149 Å². The smallest absolute Gasteiger partial charge is 0.322 e. The van der Waals surface area contributed by atoms with Gasteiger partial charge in [-0.05, 0) is 32.1 Å². The van der Waals surface area contributed by atoms with Gasteiger partial charge in [-0.2, -0.15) is 0 Å². The van der Waals surface area contributed by atoms with Crippen LogP contribution in [0.1, 0.15) is 37.7 Å². The number of nitrogens with zero attached hydrogens (tertiary/aromatic N) is 1. The molecule has 2 amide bonds. The van der Waals surface area contributed by atoms with Gasteiger partial charge in [-0.25, -0.2) is 4.79 Å². The summed E-state index contributed by atoms with van der Waals surface area (Å²) in [6, 6.07) is 2.08. The Kier molecular flexibility index (Phi) is 5.25. The minimum atomic E-state index is -0.0562. The zero-order valence-electron chi connectivity index (χ0n) is 15.6. The Morgan fingerprint density at radius 2 is 1.80 bits per heavy atom. The van der Waals surface area contributed by atoms with Crippen molar-refractivity contribution in [1.82, 2.24) is 4.90 Å². The second-order valence-corrected chi connectivity index (χ2v) is 6.84. The lowest BCUT2D eigenvalue weighted by molar-refractivity contribution is 0.181. The van der Waals surface area contributed by atoms with Gasteiger partial charge in [-0.3, -0.25) is 0 Å². The van der Waals surface area contributed by atoms with E-state index in [1.807, 2.05) is 11.8 Å². The SMILES string of the molecule is COc1cc(NC(=O)N2CC[C@H]3CCCC[C@H]32)c(OC)c(C)c1OC. The van der Waals surface area contributed by atoms with Crippen molar-refractivity contribution in [2.45, 2.75) is 45.1 Å². The Bertz CT molecular complexity index is 647. The summed E-state index contributed by atoms with van der Waals surface area (Å²) in [4.78, 5) is 14.9. The van der Waals surface area contributed by atoms with Crippen LogP contribution in [0.5, 0.6) is 17.2 Å². The number of carbonyl (C=O) groups is 1. The van der Waals surface area contributed by atoms with Crippen molar-refractivity contribution in [3.05, 3.63) is 11.6 Å². The number of amides is 2. The average molecular weight is 348 g/mol. The number of ether oxygens (including phenoxy) is 3. The lowest BCUT2D eigenvalue weighted by Gasteiger charge is -2.32. The van der Waals surface area contributed by atoms with Gasteiger partial charge in [0.2, 0.25) is 0 Å². The van der Waals surface area contributed by atoms with Gasteiger partial charge in [-0.15, -0.1) is 0 Å². The van der Waals surface area contributed by atoms with Crippen LogP contribution in [0.2, 0.25) is 0 Å². The molecule has 2 atom stereocenters. The highest BCUT2D eigenvalue weighted by Gasteiger charge is 2.38. The third-order valence-corrected chi connectivity index (χ3v) is 5.57. The second kappa shape index (κ2) is 7.42. The number of hydrogen-bond donors (Lipinski definition) is 1. The van der Waals surface area contributed by atoms with Crippen LogP contribution in [0.15, 0.2) is 6.07 Å². The summed E-state index contributed by atoms with van der Waals surface area (Å²) < 4.78 is 16.3. The quantitative estimate of drug-likeness (QED) is 0.899. The largest absolute Gasteiger partial charge is 0.494 e. The summed E-state index contributed by atoms with van der Waals surface area (Å²) in [5, 5.41) is 3.03. The fraction of sp³-hybridized carbons (Fsp3) is 0.632. The van der Waals surface area contributed by atoms with Gasteiger partial charge >= 0.3 is 6.03 Å². The number of benzene rings is 1. The first-order chi connectivity index (χ1) is 12.1. The molecule has 1 saturated carbocycles. The highest BCUT2D eigenvalue weighted by Crippen LogP contribution is 2.43. The molecule has 1 aliphatic carbocycles. The van der Waals surface area contributed by atoms with Crippen molar-refractivity contribution in [2.75, 3.05) is 33.2 Å². The van der Waals surface area contributed by atoms with E-state index in [9.17, 15) is 4.79 Å². The van der Waals surface area contributed by atoms with E-state index in [1.165, 1.54) is 19.3 Å². The number of carbonyl (C=O) groups excluding carboxylic acids is 1. The minimum Gasteiger partial charge on any atom is -0.494 e. The van der Waals surface area contributed by atoms with Crippen LogP contribution in [0.25, 0.3) is 0 Å². The number of nitrogens with one attached hydrogen (secondary N) is 1. The van der Waals surface area contributed by atoms with Crippen LogP contribution in [-0.4, -0.2) is 44.8 Å². The molecule has 138 valence electrons. The fourth-order valence-corrected chi connectivity index (χ4v) is 4.36. The molecule has 1 saturated heterocycles. The van der Waals surface area contributed by atoms with Gasteiger partial charge in [0, 0.05) is 24.2 Å². The average Bonchev–Trinajstić information content (AvgIpc) is 3.05. The number of likely N-dealkylation sites (tertiary alicyclic amines) is 1. The molecule has 0 bridgehead atoms. The van der Waals surface area contributed by atoms with Crippen molar-refractivity contribution in [1.29, 1.82) is 0 Å². The molecule has 6 nitrogen and oxygen atoms in total. The summed E-state index contributed by atoms with van der Waals surface area (Å²) >= 11 is 0. The van der Waals surface area contributed by atoms with Gasteiger partial charge in [0.05, 0.1) is 27.0 Å². The minimum absolute atomic E-state index is 0.0562. The van der Waals surface area contributed by atoms with E-state index in [2.05, 4.69) is 5.32 Å². The van der Waals surface area contributed by atoms with Crippen LogP contribution in [0.4, 0.5) is 10.5 Å². The summed E-state index contributed by atoms with van der Waals surface area (Å²) in [7, 11) is 4.77. The molecule has 1 aromatic carbocycles. The number of rotatable bonds is 4. The van der Waals surface area contributed by atoms with Crippen LogP contribution < -0.4 is 19.5 Å². The second-order valence-electron chi connectivity index (χ2n) is 6.84. The van der Waals surface area contributed by atoms with Crippen molar-refractivity contribution in [2.24, 2.45) is 5.92 Å². The zero-order valence-corrected chi connectivity index (χ0v) is 15.6. The summed E-state index contributed by atoms with van der Waals surface area (Å²) in [5.41, 5.74) is 1.42. The van der Waals surface area contributed by atoms with Crippen LogP contribution in [0.3, 0.4) is 0 Å². The highest BCUT2D eigenvalue weighted by atomic mass is 16.5. The molecule has 1 aromatic rings. The van der Waals surface area contributed by atoms with E-state index < -0.39 is 0 Å². The topological polar surface area (TPSA) is 60.0 Å². The Hall–Kier alpha value is -2.11. The van der Waals surface area contributed by atoms with E-state index in [0.717, 1.165) is 24.9 Å². The first kappa shape index (κ1) is 17.7. The number of fused-ring (bicyclic) bond motifs is 1. The predicted molar refractivity (Wildman–Crippen MR) is 96.9 cm³/mol. The van der Waals surface area contributed by atoms with E-state index >= 15 is 0 Å². The first-order valence-corrected chi connectivity index (χ1v) is 8.97. The number of urea groups is 1. The number of methoxy groups -OCH3 is 3. The molecule has 1 heterocycles. The van der Waals surface area contributed by atoms with Gasteiger partial charge in [0.15, 0.2) is 11.5 Å². The van der Waals surface area contributed by atoms with Gasteiger partial charge in [0.25, 0.3) is 0 Å². The van der Waals surface area contributed by atoms with Gasteiger partial charge in [0.1, 0.15) is 5.75 Å². The molecule has 25 heavy (non-hydrogen) atoms. The maximum Gasteiger partial charge on any atom is 0.322 e. The van der Waals surface area contributed by atoms with Crippen LogP contribution in [-0.2, 0) is 0 Å². The van der Waals surface area contributed by atoms with Crippen molar-refractivity contribution >= 4 is 11.7 Å². The molecule has 1 aliphatic heterocycles. The van der Waals surface area contributed by atoms with E-state index in [0.29, 0.717) is 34.9 Å². The molecular formula is C19H28N2O4. The van der Waals surface area contributed by atoms with Crippen LogP contribution >= 0.6 is 0 Å². The van der Waals surface area contributed by atoms with E-state index in [1.54, 1.807) is 27.4 Å². The molecule has 2 fully saturated rings. The monoisotopic (exact) mass is 348 g/mol. The predicted octanol–water partition coefficient (Wildman–Crippen LogP) is 3.82. The molecule has 0 radical (unpaired) electrons. The van der Waals surface area contributed by atoms with E-state index in [-0.39, 0.29) is 6.03 Å². The molecule has 0 spiro atoms. The van der Waals surface area contributed by atoms with Crippen molar-refractivity contribution in [3.8, 4) is 17.2 Å². The first-order valence-electron chi connectivity index (χ1n) is 8.97. The van der Waals surface area contributed by atoms with E-state index in [4.69, 9.17) is 14.2 Å². The lowest BCUT2D eigenvalue weighted by atomic mass is 9.85. The standard InChI is InChI=1S/C19H28N2O4/c1-12-17(24-3)14(11-16(23-2)18(12)25-4)20-19(22)21-10-9-13-7-5-6-8-15(13)21/h11,13,15H,5-10H2,1-4H3,(H,20,22)/t13-,15-/m1/s1. The summed E-state index contributed by atoms with van der Waals surface area (Å²) in [6.07, 6.45) is 5.97. The number of anilines is 1. The third kappa shape index (κ3) is 3.22. The Morgan fingerprint density at radius 1 is 1.08 bits per heavy atom. The molecule has 0 unspecified atom stereocenters. The molecule has 2 aliphatic rings. The zero-order chi connectivity index (χ0) is 18.0. The summed E-state index contributed by atoms with van der Waals surface area (Å²) in [5.74, 6) is 2.46. The maximum atomic E-state index is 12.9. The molecule has 3 rings (SSSR count). The highest BCUT2D eigenvalue weighted by molar-refractivity contribution is 5.92. The van der Waals surface area contributed by atoms with Gasteiger partial charge in [-0.1, -0.05) is 12.8 Å². The normalized spacial score (nSPS) is 22.3. The molecule has 0 aromatic heterocycles. The van der Waals surface area contributed by atoms with Crippen LogP contribution in [0, 0.1) is 12.8 Å². The fourth-order valence-electron chi connectivity index (χ4n) is 4.36. The third-order valence-electron chi connectivity index (χ3n) is 5.57. The Morgan fingerprint density at radius 3 is 2.48 bits per heavy atom. The lowest BCUT2D eigenvalue weighted by Crippen LogP contribution is -2.41.